The Hall–Kier alpha value is -3.04. The molecule has 10 heteroatoms. The molecular formula is C17H15ClN6O3. The average Bonchev–Trinajstić information content (AvgIpc) is 3.25. The maximum atomic E-state index is 12.5. The Bertz CT molecular complexity index is 1150. The molecule has 0 bridgehead atoms. The number of rotatable bonds is 5. The lowest BCUT2D eigenvalue weighted by Crippen LogP contribution is -2.24. The molecule has 3 aromatic heterocycles. The van der Waals surface area contributed by atoms with E-state index in [1.54, 1.807) is 37.4 Å². The van der Waals surface area contributed by atoms with Crippen LogP contribution in [-0.2, 0) is 13.0 Å². The van der Waals surface area contributed by atoms with Crippen molar-refractivity contribution in [2.45, 2.75) is 26.0 Å². The van der Waals surface area contributed by atoms with E-state index in [1.807, 2.05) is 0 Å². The van der Waals surface area contributed by atoms with E-state index in [-0.39, 0.29) is 24.4 Å². The molecule has 0 aliphatic heterocycles. The highest BCUT2D eigenvalue weighted by Gasteiger charge is 2.15. The van der Waals surface area contributed by atoms with Crippen molar-refractivity contribution >= 4 is 17.1 Å². The van der Waals surface area contributed by atoms with Crippen LogP contribution >= 0.6 is 11.6 Å². The van der Waals surface area contributed by atoms with Gasteiger partial charge in [-0.15, -0.1) is 9.73 Å². The molecule has 1 atom stereocenters. The highest BCUT2D eigenvalue weighted by molar-refractivity contribution is 6.30. The van der Waals surface area contributed by atoms with Gasteiger partial charge in [0.2, 0.25) is 5.89 Å². The molecule has 0 spiro atoms. The predicted molar refractivity (Wildman–Crippen MR) is 95.5 cm³/mol. The minimum absolute atomic E-state index is 0.0804. The highest BCUT2D eigenvalue weighted by Crippen LogP contribution is 2.19. The van der Waals surface area contributed by atoms with E-state index in [0.29, 0.717) is 21.9 Å². The van der Waals surface area contributed by atoms with Crippen molar-refractivity contribution in [3.8, 4) is 0 Å². The molecule has 0 fully saturated rings. The molecule has 0 unspecified atom stereocenters. The predicted octanol–water partition coefficient (Wildman–Crippen LogP) is 1.56. The van der Waals surface area contributed by atoms with Gasteiger partial charge in [-0.3, -0.25) is 9.36 Å². The topological polar surface area (TPSA) is 111 Å². The standard InChI is InChI=1S/C17H15ClN6O3/c1-10-7-19-24-16(10)17(26)23(9-20-24)8-15-21-14(22-27-15)6-13(25)11-2-4-12(18)5-3-11/h2-5,7,9,13,25H,6,8H2,1H3/t13-/m1/s1. The molecule has 4 aromatic rings. The monoisotopic (exact) mass is 386 g/mol. The second kappa shape index (κ2) is 6.93. The van der Waals surface area contributed by atoms with Gasteiger partial charge in [-0.25, -0.2) is 0 Å². The first-order valence-electron chi connectivity index (χ1n) is 8.16. The number of fused-ring (bicyclic) bond motifs is 1. The molecular weight excluding hydrogens is 372 g/mol. The summed E-state index contributed by atoms with van der Waals surface area (Å²) in [5.74, 6) is 0.591. The second-order valence-electron chi connectivity index (χ2n) is 6.11. The van der Waals surface area contributed by atoms with Crippen LogP contribution < -0.4 is 5.56 Å². The van der Waals surface area contributed by atoms with E-state index in [1.165, 1.54) is 15.5 Å². The molecule has 0 amide bonds. The molecule has 1 aromatic carbocycles. The van der Waals surface area contributed by atoms with Gasteiger partial charge < -0.3 is 9.63 Å². The lowest BCUT2D eigenvalue weighted by Gasteiger charge is -2.08. The third kappa shape index (κ3) is 3.46. The van der Waals surface area contributed by atoms with Crippen molar-refractivity contribution in [2.75, 3.05) is 0 Å². The minimum atomic E-state index is -0.789. The van der Waals surface area contributed by atoms with Gasteiger partial charge >= 0.3 is 0 Å². The van der Waals surface area contributed by atoms with Crippen LogP contribution in [0.5, 0.6) is 0 Å². The van der Waals surface area contributed by atoms with Crippen molar-refractivity contribution in [1.82, 2.24) is 29.5 Å². The zero-order valence-electron chi connectivity index (χ0n) is 14.3. The summed E-state index contributed by atoms with van der Waals surface area (Å²) in [5.41, 5.74) is 1.59. The number of benzene rings is 1. The Morgan fingerprint density at radius 1 is 1.26 bits per heavy atom. The van der Waals surface area contributed by atoms with Crippen molar-refractivity contribution in [1.29, 1.82) is 0 Å². The quantitative estimate of drug-likeness (QED) is 0.554. The Labute approximate surface area is 157 Å². The maximum Gasteiger partial charge on any atom is 0.280 e. The first kappa shape index (κ1) is 17.4. The third-order valence-electron chi connectivity index (χ3n) is 4.14. The van der Waals surface area contributed by atoms with Crippen LogP contribution in [0.1, 0.15) is 28.9 Å². The van der Waals surface area contributed by atoms with Gasteiger partial charge in [-0.05, 0) is 24.6 Å². The van der Waals surface area contributed by atoms with Crippen molar-refractivity contribution in [2.24, 2.45) is 0 Å². The Morgan fingerprint density at radius 2 is 2.04 bits per heavy atom. The number of aliphatic hydroxyl groups excluding tert-OH is 1. The lowest BCUT2D eigenvalue weighted by atomic mass is 10.1. The van der Waals surface area contributed by atoms with Crippen LogP contribution in [0, 0.1) is 6.92 Å². The molecule has 0 saturated carbocycles. The van der Waals surface area contributed by atoms with Gasteiger partial charge in [0.15, 0.2) is 11.3 Å². The number of hydrogen-bond donors (Lipinski definition) is 1. The zero-order chi connectivity index (χ0) is 19.0. The van der Waals surface area contributed by atoms with Crippen molar-refractivity contribution < 1.29 is 9.63 Å². The highest BCUT2D eigenvalue weighted by atomic mass is 35.5. The van der Waals surface area contributed by atoms with Gasteiger partial charge in [-0.1, -0.05) is 28.9 Å². The number of nitrogens with zero attached hydrogens (tertiary/aromatic N) is 6. The summed E-state index contributed by atoms with van der Waals surface area (Å²) < 4.78 is 7.86. The van der Waals surface area contributed by atoms with E-state index in [4.69, 9.17) is 16.1 Å². The molecule has 4 rings (SSSR count). The summed E-state index contributed by atoms with van der Waals surface area (Å²) in [7, 11) is 0. The lowest BCUT2D eigenvalue weighted by molar-refractivity contribution is 0.174. The van der Waals surface area contributed by atoms with Crippen molar-refractivity contribution in [3.63, 3.8) is 0 Å². The second-order valence-corrected chi connectivity index (χ2v) is 6.54. The van der Waals surface area contributed by atoms with Gasteiger partial charge in [0, 0.05) is 17.0 Å². The maximum absolute atomic E-state index is 12.5. The van der Waals surface area contributed by atoms with Crippen molar-refractivity contribution in [3.05, 3.63) is 75.0 Å². The van der Waals surface area contributed by atoms with Gasteiger partial charge in [-0.2, -0.15) is 10.1 Å². The smallest absolute Gasteiger partial charge is 0.280 e. The van der Waals surface area contributed by atoms with E-state index in [2.05, 4.69) is 20.3 Å². The largest absolute Gasteiger partial charge is 0.388 e. The fraction of sp³-hybridized carbons (Fsp3) is 0.235. The van der Waals surface area contributed by atoms with Crippen LogP contribution in [0.3, 0.4) is 0 Å². The summed E-state index contributed by atoms with van der Waals surface area (Å²) in [6.07, 6.45) is 2.34. The number of aryl methyl sites for hydroxylation is 1. The third-order valence-corrected chi connectivity index (χ3v) is 4.40. The Morgan fingerprint density at radius 3 is 2.81 bits per heavy atom. The Kier molecular flexibility index (Phi) is 4.46. The Balaban J connectivity index is 1.51. The van der Waals surface area contributed by atoms with Crippen LogP contribution in [0.15, 0.2) is 46.1 Å². The first-order valence-corrected chi connectivity index (χ1v) is 8.54. The van der Waals surface area contributed by atoms with Gasteiger partial charge in [0.1, 0.15) is 12.9 Å². The van der Waals surface area contributed by atoms with Crippen LogP contribution in [0.25, 0.3) is 5.52 Å². The summed E-state index contributed by atoms with van der Waals surface area (Å²) >= 11 is 5.85. The molecule has 9 nitrogen and oxygen atoms in total. The van der Waals surface area contributed by atoms with E-state index >= 15 is 0 Å². The number of hydrogen-bond acceptors (Lipinski definition) is 7. The molecule has 0 aliphatic carbocycles. The summed E-state index contributed by atoms with van der Waals surface area (Å²) in [6.45, 7) is 1.87. The zero-order valence-corrected chi connectivity index (χ0v) is 15.0. The number of aromatic nitrogens is 6. The molecule has 3 heterocycles. The average molecular weight is 387 g/mol. The first-order chi connectivity index (χ1) is 13.0. The normalized spacial score (nSPS) is 12.6. The molecule has 0 aliphatic rings. The molecule has 0 saturated heterocycles. The molecule has 0 radical (unpaired) electrons. The summed E-state index contributed by atoms with van der Waals surface area (Å²) in [4.78, 5) is 16.8. The van der Waals surface area contributed by atoms with Crippen LogP contribution in [0.4, 0.5) is 0 Å². The van der Waals surface area contributed by atoms with E-state index < -0.39 is 6.10 Å². The minimum Gasteiger partial charge on any atom is -0.388 e. The van der Waals surface area contributed by atoms with Gasteiger partial charge in [0.25, 0.3) is 5.56 Å². The fourth-order valence-electron chi connectivity index (χ4n) is 2.73. The number of aliphatic hydroxyl groups is 1. The summed E-state index contributed by atoms with van der Waals surface area (Å²) in [6, 6.07) is 6.89. The van der Waals surface area contributed by atoms with E-state index in [9.17, 15) is 9.90 Å². The molecule has 1 N–H and O–H groups in total. The van der Waals surface area contributed by atoms with Crippen LogP contribution in [0.2, 0.25) is 5.02 Å². The summed E-state index contributed by atoms with van der Waals surface area (Å²) in [5, 5.41) is 22.8. The SMILES string of the molecule is Cc1cnn2ncn(Cc3nc(C[C@@H](O)c4ccc(Cl)cc4)no3)c(=O)c12. The molecule has 27 heavy (non-hydrogen) atoms. The molecule has 138 valence electrons. The van der Waals surface area contributed by atoms with E-state index in [0.717, 1.165) is 5.56 Å². The number of halogens is 1. The fourth-order valence-corrected chi connectivity index (χ4v) is 2.86. The van der Waals surface area contributed by atoms with Gasteiger partial charge in [0.05, 0.1) is 12.3 Å². The van der Waals surface area contributed by atoms with Crippen LogP contribution in [-0.4, -0.2) is 34.6 Å².